The minimum absolute atomic E-state index is 0. The Labute approximate surface area is 154 Å². The van der Waals surface area contributed by atoms with E-state index in [0.717, 1.165) is 12.1 Å². The fraction of sp³-hybridized carbons (Fsp3) is 0.533. The molecule has 0 aliphatic carbocycles. The SMILES string of the molecule is CCNC(=NCCOC)NCCC(=O)Nc1ccc(C)cn1.I. The van der Waals surface area contributed by atoms with Gasteiger partial charge >= 0.3 is 0 Å². The highest BCUT2D eigenvalue weighted by atomic mass is 127. The van der Waals surface area contributed by atoms with Crippen molar-refractivity contribution in [2.24, 2.45) is 4.99 Å². The van der Waals surface area contributed by atoms with Crippen molar-refractivity contribution < 1.29 is 9.53 Å². The lowest BCUT2D eigenvalue weighted by Crippen LogP contribution is -2.39. The van der Waals surface area contributed by atoms with Crippen molar-refractivity contribution in [1.82, 2.24) is 15.6 Å². The Morgan fingerprint density at radius 3 is 2.74 bits per heavy atom. The number of nitrogens with zero attached hydrogens (tertiary/aromatic N) is 2. The maximum Gasteiger partial charge on any atom is 0.227 e. The molecule has 1 rings (SSSR count). The van der Waals surface area contributed by atoms with Crippen LogP contribution in [0.4, 0.5) is 5.82 Å². The lowest BCUT2D eigenvalue weighted by molar-refractivity contribution is -0.116. The summed E-state index contributed by atoms with van der Waals surface area (Å²) in [4.78, 5) is 20.3. The van der Waals surface area contributed by atoms with Gasteiger partial charge in [-0.3, -0.25) is 9.79 Å². The van der Waals surface area contributed by atoms with E-state index in [1.165, 1.54) is 0 Å². The number of pyridine rings is 1. The number of anilines is 1. The first-order valence-electron chi connectivity index (χ1n) is 7.39. The average Bonchev–Trinajstić information content (AvgIpc) is 2.50. The fourth-order valence-corrected chi connectivity index (χ4v) is 1.63. The van der Waals surface area contributed by atoms with E-state index in [2.05, 4.69) is 25.9 Å². The molecule has 1 aromatic rings. The number of guanidine groups is 1. The Balaban J connectivity index is 0.00000484. The molecule has 1 aromatic heterocycles. The van der Waals surface area contributed by atoms with Gasteiger partial charge in [0.05, 0.1) is 13.2 Å². The second kappa shape index (κ2) is 13.1. The third-order valence-electron chi connectivity index (χ3n) is 2.73. The van der Waals surface area contributed by atoms with Crippen LogP contribution >= 0.6 is 24.0 Å². The summed E-state index contributed by atoms with van der Waals surface area (Å²) in [7, 11) is 1.64. The van der Waals surface area contributed by atoms with Crippen LogP contribution in [0.1, 0.15) is 18.9 Å². The predicted octanol–water partition coefficient (Wildman–Crippen LogP) is 1.54. The quantitative estimate of drug-likeness (QED) is 0.250. The third-order valence-corrected chi connectivity index (χ3v) is 2.73. The van der Waals surface area contributed by atoms with Crippen LogP contribution in [-0.4, -0.2) is 50.2 Å². The number of aryl methyl sites for hydroxylation is 1. The van der Waals surface area contributed by atoms with Gasteiger partial charge in [-0.1, -0.05) is 6.07 Å². The lowest BCUT2D eigenvalue weighted by Gasteiger charge is -2.11. The number of hydrogen-bond donors (Lipinski definition) is 3. The molecule has 0 radical (unpaired) electrons. The van der Waals surface area contributed by atoms with Gasteiger partial charge in [0, 0.05) is 32.8 Å². The number of methoxy groups -OCH3 is 1. The zero-order chi connectivity index (χ0) is 16.2. The van der Waals surface area contributed by atoms with Crippen molar-refractivity contribution in [1.29, 1.82) is 0 Å². The topological polar surface area (TPSA) is 87.6 Å². The Kier molecular flexibility index (Phi) is 12.3. The Morgan fingerprint density at radius 2 is 2.13 bits per heavy atom. The van der Waals surface area contributed by atoms with Crippen LogP contribution in [0.25, 0.3) is 0 Å². The van der Waals surface area contributed by atoms with Gasteiger partial charge in [0.15, 0.2) is 5.96 Å². The van der Waals surface area contributed by atoms with Crippen molar-refractivity contribution in [3.05, 3.63) is 23.9 Å². The summed E-state index contributed by atoms with van der Waals surface area (Å²) in [5.74, 6) is 1.16. The van der Waals surface area contributed by atoms with E-state index >= 15 is 0 Å². The number of hydrogen-bond acceptors (Lipinski definition) is 4. The number of ether oxygens (including phenoxy) is 1. The number of aromatic nitrogens is 1. The van der Waals surface area contributed by atoms with Crippen molar-refractivity contribution in [2.45, 2.75) is 20.3 Å². The Bertz CT molecular complexity index is 479. The third kappa shape index (κ3) is 10.1. The summed E-state index contributed by atoms with van der Waals surface area (Å²) in [5, 5.41) is 8.97. The zero-order valence-corrected chi connectivity index (χ0v) is 16.2. The van der Waals surface area contributed by atoms with Crippen LogP contribution < -0.4 is 16.0 Å². The summed E-state index contributed by atoms with van der Waals surface area (Å²) in [6.45, 7) is 6.34. The minimum atomic E-state index is -0.0865. The minimum Gasteiger partial charge on any atom is -0.383 e. The van der Waals surface area contributed by atoms with E-state index in [1.807, 2.05) is 19.9 Å². The van der Waals surface area contributed by atoms with Crippen LogP contribution in [0.3, 0.4) is 0 Å². The van der Waals surface area contributed by atoms with Gasteiger partial charge in [-0.05, 0) is 25.5 Å². The first kappa shape index (κ1) is 21.6. The molecule has 0 atom stereocenters. The standard InChI is InChI=1S/C15H25N5O2.HI/c1-4-16-15(18-9-10-22-3)17-8-7-14(21)20-13-6-5-12(2)11-19-13;/h5-6,11H,4,7-10H2,1-3H3,(H2,16,17,18)(H,19,20,21);1H. The molecule has 0 aliphatic rings. The number of rotatable bonds is 8. The van der Waals surface area contributed by atoms with E-state index in [4.69, 9.17) is 4.74 Å². The zero-order valence-electron chi connectivity index (χ0n) is 13.9. The van der Waals surface area contributed by atoms with Crippen LogP contribution in [0.2, 0.25) is 0 Å². The lowest BCUT2D eigenvalue weighted by atomic mass is 10.3. The second-order valence-electron chi connectivity index (χ2n) is 4.70. The second-order valence-corrected chi connectivity index (χ2v) is 4.70. The molecule has 0 saturated heterocycles. The first-order chi connectivity index (χ1) is 10.7. The largest absolute Gasteiger partial charge is 0.383 e. The highest BCUT2D eigenvalue weighted by Crippen LogP contribution is 2.03. The average molecular weight is 435 g/mol. The molecule has 0 saturated carbocycles. The molecular formula is C15H26IN5O2. The van der Waals surface area contributed by atoms with Gasteiger partial charge in [-0.25, -0.2) is 4.98 Å². The maximum atomic E-state index is 11.8. The van der Waals surface area contributed by atoms with Crippen molar-refractivity contribution >= 4 is 41.7 Å². The first-order valence-corrected chi connectivity index (χ1v) is 7.39. The molecule has 1 amide bonds. The molecule has 3 N–H and O–H groups in total. The molecule has 23 heavy (non-hydrogen) atoms. The molecule has 0 aliphatic heterocycles. The highest BCUT2D eigenvalue weighted by Gasteiger charge is 2.04. The van der Waals surface area contributed by atoms with Gasteiger partial charge in [0.2, 0.25) is 5.91 Å². The van der Waals surface area contributed by atoms with Gasteiger partial charge in [0.25, 0.3) is 0 Å². The number of nitrogens with one attached hydrogen (secondary N) is 3. The molecule has 0 bridgehead atoms. The normalized spacial score (nSPS) is 10.7. The highest BCUT2D eigenvalue weighted by molar-refractivity contribution is 14.0. The number of aliphatic imine (C=N–C) groups is 1. The summed E-state index contributed by atoms with van der Waals surface area (Å²) in [6.07, 6.45) is 2.06. The molecule has 7 nitrogen and oxygen atoms in total. The molecule has 0 aromatic carbocycles. The van der Waals surface area contributed by atoms with Crippen LogP contribution in [-0.2, 0) is 9.53 Å². The number of carbonyl (C=O) groups is 1. The van der Waals surface area contributed by atoms with E-state index in [-0.39, 0.29) is 29.9 Å². The maximum absolute atomic E-state index is 11.8. The molecule has 1 heterocycles. The molecule has 0 fully saturated rings. The van der Waals surface area contributed by atoms with Crippen molar-refractivity contribution in [3.63, 3.8) is 0 Å². The van der Waals surface area contributed by atoms with Crippen molar-refractivity contribution in [2.75, 3.05) is 38.7 Å². The van der Waals surface area contributed by atoms with Gasteiger partial charge in [-0.2, -0.15) is 0 Å². The summed E-state index contributed by atoms with van der Waals surface area (Å²) in [6, 6.07) is 3.70. The molecular weight excluding hydrogens is 409 g/mol. The van der Waals surface area contributed by atoms with Crippen LogP contribution in [0.15, 0.2) is 23.3 Å². The van der Waals surface area contributed by atoms with E-state index in [1.54, 1.807) is 19.4 Å². The van der Waals surface area contributed by atoms with Gasteiger partial charge < -0.3 is 20.7 Å². The van der Waals surface area contributed by atoms with Crippen LogP contribution in [0, 0.1) is 6.92 Å². The van der Waals surface area contributed by atoms with Crippen LogP contribution in [0.5, 0.6) is 0 Å². The fourth-order valence-electron chi connectivity index (χ4n) is 1.63. The molecule has 0 unspecified atom stereocenters. The van der Waals surface area contributed by atoms with E-state index in [9.17, 15) is 4.79 Å². The summed E-state index contributed by atoms with van der Waals surface area (Å²) < 4.78 is 4.95. The van der Waals surface area contributed by atoms with Gasteiger partial charge in [-0.15, -0.1) is 24.0 Å². The monoisotopic (exact) mass is 435 g/mol. The number of halogens is 1. The van der Waals surface area contributed by atoms with E-state index in [0.29, 0.717) is 37.9 Å². The Hall–Kier alpha value is -1.42. The van der Waals surface area contributed by atoms with E-state index < -0.39 is 0 Å². The molecule has 130 valence electrons. The summed E-state index contributed by atoms with van der Waals surface area (Å²) >= 11 is 0. The van der Waals surface area contributed by atoms with Crippen molar-refractivity contribution in [3.8, 4) is 0 Å². The summed E-state index contributed by atoms with van der Waals surface area (Å²) in [5.41, 5.74) is 1.06. The smallest absolute Gasteiger partial charge is 0.227 e. The van der Waals surface area contributed by atoms with Gasteiger partial charge in [0.1, 0.15) is 5.82 Å². The Morgan fingerprint density at radius 1 is 1.35 bits per heavy atom. The number of carbonyl (C=O) groups excluding carboxylic acids is 1. The number of amides is 1. The molecule has 8 heteroatoms. The predicted molar refractivity (Wildman–Crippen MR) is 103 cm³/mol. The molecule has 0 spiro atoms.